The highest BCUT2D eigenvalue weighted by Gasteiger charge is 2.15. The molecule has 0 N–H and O–H groups in total. The molecule has 4 heteroatoms. The Kier molecular flexibility index (Phi) is 2.99. The lowest BCUT2D eigenvalue weighted by Gasteiger charge is -2.20. The van der Waals surface area contributed by atoms with Gasteiger partial charge in [-0.1, -0.05) is 6.07 Å². The first-order chi connectivity index (χ1) is 7.70. The molecule has 0 spiro atoms. The van der Waals surface area contributed by atoms with Crippen molar-refractivity contribution in [3.8, 4) is 11.5 Å². The van der Waals surface area contributed by atoms with E-state index in [9.17, 15) is 4.79 Å². The summed E-state index contributed by atoms with van der Waals surface area (Å²) in [5.74, 6) is 1.58. The summed E-state index contributed by atoms with van der Waals surface area (Å²) in [6.45, 7) is 2.31. The molecule has 2 rings (SSSR count). The summed E-state index contributed by atoms with van der Waals surface area (Å²) in [7, 11) is 1.78. The molecule has 1 aromatic carbocycles. The van der Waals surface area contributed by atoms with Gasteiger partial charge in [-0.3, -0.25) is 4.79 Å². The molecule has 0 radical (unpaired) electrons. The van der Waals surface area contributed by atoms with Crippen LogP contribution < -0.4 is 9.47 Å². The monoisotopic (exact) mass is 221 g/mol. The Morgan fingerprint density at radius 3 is 2.94 bits per heavy atom. The second-order valence-corrected chi connectivity index (χ2v) is 4.01. The molecule has 1 aromatic rings. The molecule has 1 unspecified atom stereocenters. The van der Waals surface area contributed by atoms with Gasteiger partial charge in [-0.05, 0) is 31.0 Å². The van der Waals surface area contributed by atoms with Crippen LogP contribution in [0.25, 0.3) is 0 Å². The Labute approximate surface area is 94.8 Å². The van der Waals surface area contributed by atoms with Crippen LogP contribution in [0.2, 0.25) is 0 Å². The molecule has 0 fully saturated rings. The van der Waals surface area contributed by atoms with Gasteiger partial charge in [0.25, 0.3) is 0 Å². The molecule has 0 bridgehead atoms. The zero-order chi connectivity index (χ0) is 11.5. The van der Waals surface area contributed by atoms with E-state index < -0.39 is 0 Å². The third kappa shape index (κ3) is 2.10. The Balaban J connectivity index is 2.08. The van der Waals surface area contributed by atoms with Crippen LogP contribution in [0.15, 0.2) is 18.2 Å². The van der Waals surface area contributed by atoms with Crippen molar-refractivity contribution in [3.05, 3.63) is 23.8 Å². The second kappa shape index (κ2) is 4.43. The van der Waals surface area contributed by atoms with Gasteiger partial charge in [0.1, 0.15) is 0 Å². The molecule has 0 saturated carbocycles. The number of rotatable bonds is 4. The molecule has 16 heavy (non-hydrogen) atoms. The number of fused-ring (bicyclic) bond motifs is 1. The largest absolute Gasteiger partial charge is 0.454 e. The zero-order valence-corrected chi connectivity index (χ0v) is 9.47. The van der Waals surface area contributed by atoms with Crippen molar-refractivity contribution < 1.29 is 14.3 Å². The summed E-state index contributed by atoms with van der Waals surface area (Å²) in [4.78, 5) is 12.3. The minimum atomic E-state index is 0.179. The third-order valence-electron chi connectivity index (χ3n) is 2.83. The van der Waals surface area contributed by atoms with Crippen molar-refractivity contribution >= 4 is 6.41 Å². The topological polar surface area (TPSA) is 38.8 Å². The van der Waals surface area contributed by atoms with Gasteiger partial charge in [0.05, 0.1) is 0 Å². The number of likely N-dealkylation sites (N-methyl/N-ethyl adjacent to an activating group) is 1. The van der Waals surface area contributed by atoms with Gasteiger partial charge in [-0.25, -0.2) is 0 Å². The van der Waals surface area contributed by atoms with Gasteiger partial charge >= 0.3 is 0 Å². The first-order valence-corrected chi connectivity index (χ1v) is 5.26. The zero-order valence-electron chi connectivity index (χ0n) is 9.47. The van der Waals surface area contributed by atoms with Crippen LogP contribution in [0.1, 0.15) is 12.5 Å². The van der Waals surface area contributed by atoms with E-state index in [2.05, 4.69) is 0 Å². The van der Waals surface area contributed by atoms with E-state index in [4.69, 9.17) is 9.47 Å². The molecule has 1 atom stereocenters. The normalized spacial score (nSPS) is 14.6. The number of carbonyl (C=O) groups excluding carboxylic acids is 1. The molecular weight excluding hydrogens is 206 g/mol. The SMILES string of the molecule is CC(Cc1ccc2c(c1)OCO2)N(C)C=O. The lowest BCUT2D eigenvalue weighted by molar-refractivity contribution is -0.118. The van der Waals surface area contributed by atoms with Gasteiger partial charge in [0, 0.05) is 13.1 Å². The summed E-state index contributed by atoms with van der Waals surface area (Å²) in [5, 5.41) is 0. The van der Waals surface area contributed by atoms with Crippen molar-refractivity contribution in [2.45, 2.75) is 19.4 Å². The molecule has 4 nitrogen and oxygen atoms in total. The van der Waals surface area contributed by atoms with Crippen LogP contribution in [-0.2, 0) is 11.2 Å². The highest BCUT2D eigenvalue weighted by molar-refractivity contribution is 5.48. The number of ether oxygens (including phenoxy) is 2. The maximum atomic E-state index is 10.6. The first-order valence-electron chi connectivity index (χ1n) is 5.26. The maximum Gasteiger partial charge on any atom is 0.231 e. The molecule has 86 valence electrons. The summed E-state index contributed by atoms with van der Waals surface area (Å²) in [5.41, 5.74) is 1.14. The first kappa shape index (κ1) is 10.8. The Bertz CT molecular complexity index is 392. The molecular formula is C12H15NO3. The molecule has 1 heterocycles. The van der Waals surface area contributed by atoms with Crippen LogP contribution in [0.4, 0.5) is 0 Å². The van der Waals surface area contributed by atoms with Crippen LogP contribution in [0.5, 0.6) is 11.5 Å². The Morgan fingerprint density at radius 1 is 1.44 bits per heavy atom. The number of nitrogens with zero attached hydrogens (tertiary/aromatic N) is 1. The summed E-state index contributed by atoms with van der Waals surface area (Å²) in [6.07, 6.45) is 1.66. The Hall–Kier alpha value is -1.71. The van der Waals surface area contributed by atoms with E-state index in [-0.39, 0.29) is 6.04 Å². The van der Waals surface area contributed by atoms with Gasteiger partial charge in [0.2, 0.25) is 13.2 Å². The van der Waals surface area contributed by atoms with Gasteiger partial charge < -0.3 is 14.4 Å². The van der Waals surface area contributed by atoms with Crippen LogP contribution >= 0.6 is 0 Å². The van der Waals surface area contributed by atoms with Crippen molar-refractivity contribution in [3.63, 3.8) is 0 Å². The van der Waals surface area contributed by atoms with E-state index in [1.807, 2.05) is 25.1 Å². The van der Waals surface area contributed by atoms with Crippen LogP contribution in [0.3, 0.4) is 0 Å². The van der Waals surface area contributed by atoms with E-state index in [1.165, 1.54) is 0 Å². The summed E-state index contributed by atoms with van der Waals surface area (Å²) < 4.78 is 10.5. The average molecular weight is 221 g/mol. The minimum Gasteiger partial charge on any atom is -0.454 e. The lowest BCUT2D eigenvalue weighted by atomic mass is 10.1. The van der Waals surface area contributed by atoms with Crippen molar-refractivity contribution in [2.75, 3.05) is 13.8 Å². The highest BCUT2D eigenvalue weighted by Crippen LogP contribution is 2.32. The highest BCUT2D eigenvalue weighted by atomic mass is 16.7. The third-order valence-corrected chi connectivity index (χ3v) is 2.83. The Morgan fingerprint density at radius 2 is 2.19 bits per heavy atom. The smallest absolute Gasteiger partial charge is 0.231 e. The van der Waals surface area contributed by atoms with Crippen LogP contribution in [0, 0.1) is 0 Å². The fraction of sp³-hybridized carbons (Fsp3) is 0.417. The predicted molar refractivity (Wildman–Crippen MR) is 59.6 cm³/mol. The summed E-state index contributed by atoms with van der Waals surface area (Å²) >= 11 is 0. The quantitative estimate of drug-likeness (QED) is 0.722. The number of hydrogen-bond acceptors (Lipinski definition) is 3. The molecule has 0 saturated heterocycles. The number of hydrogen-bond donors (Lipinski definition) is 0. The lowest BCUT2D eigenvalue weighted by Crippen LogP contribution is -2.29. The van der Waals surface area contributed by atoms with E-state index in [0.29, 0.717) is 6.79 Å². The fourth-order valence-electron chi connectivity index (χ4n) is 1.66. The number of carbonyl (C=O) groups is 1. The van der Waals surface area contributed by atoms with E-state index in [1.54, 1.807) is 11.9 Å². The van der Waals surface area contributed by atoms with Gasteiger partial charge in [0.15, 0.2) is 11.5 Å². The van der Waals surface area contributed by atoms with Crippen molar-refractivity contribution in [2.24, 2.45) is 0 Å². The second-order valence-electron chi connectivity index (χ2n) is 4.01. The van der Waals surface area contributed by atoms with Crippen molar-refractivity contribution in [1.82, 2.24) is 4.90 Å². The van der Waals surface area contributed by atoms with Crippen LogP contribution in [-0.4, -0.2) is 31.2 Å². The van der Waals surface area contributed by atoms with E-state index in [0.717, 1.165) is 29.9 Å². The predicted octanol–water partition coefficient (Wildman–Crippen LogP) is 1.43. The van der Waals surface area contributed by atoms with E-state index >= 15 is 0 Å². The molecule has 1 aliphatic rings. The number of benzene rings is 1. The minimum absolute atomic E-state index is 0.179. The maximum absolute atomic E-state index is 10.6. The molecule has 1 amide bonds. The fourth-order valence-corrected chi connectivity index (χ4v) is 1.66. The van der Waals surface area contributed by atoms with Gasteiger partial charge in [-0.2, -0.15) is 0 Å². The molecule has 0 aliphatic carbocycles. The average Bonchev–Trinajstić information content (AvgIpc) is 2.75. The standard InChI is InChI=1S/C12H15NO3/c1-9(13(2)7-14)5-10-3-4-11-12(6-10)16-8-15-11/h3-4,6-7,9H,5,8H2,1-2H3. The molecule has 1 aliphatic heterocycles. The van der Waals surface area contributed by atoms with Crippen molar-refractivity contribution in [1.29, 1.82) is 0 Å². The summed E-state index contributed by atoms with van der Waals surface area (Å²) in [6, 6.07) is 6.06. The number of amides is 1. The molecule has 0 aromatic heterocycles. The van der Waals surface area contributed by atoms with Gasteiger partial charge in [-0.15, -0.1) is 0 Å².